The molecule has 5 rings (SSSR count). The molecule has 0 radical (unpaired) electrons. The van der Waals surface area contributed by atoms with Crippen molar-refractivity contribution in [1.29, 1.82) is 0 Å². The number of aryl methyl sites for hydroxylation is 1. The van der Waals surface area contributed by atoms with Crippen LogP contribution in [0.25, 0.3) is 10.9 Å². The number of aromatic nitrogens is 1. The number of nitrogens with zero attached hydrogens (tertiary/aromatic N) is 2. The van der Waals surface area contributed by atoms with Gasteiger partial charge in [0.05, 0.1) is 22.5 Å². The van der Waals surface area contributed by atoms with Crippen LogP contribution in [0.3, 0.4) is 0 Å². The molecule has 1 fully saturated rings. The topological polar surface area (TPSA) is 88.9 Å². The van der Waals surface area contributed by atoms with Gasteiger partial charge in [0.2, 0.25) is 0 Å². The molecule has 0 saturated carbocycles. The zero-order valence-corrected chi connectivity index (χ0v) is 21.1. The van der Waals surface area contributed by atoms with E-state index in [2.05, 4.69) is 22.0 Å². The molecule has 2 heterocycles. The Balaban J connectivity index is 1.51. The fraction of sp³-hybridized carbons (Fsp3) is 0.241. The quantitative estimate of drug-likeness (QED) is 0.259. The number of carbonyl (C=O) groups is 1. The van der Waals surface area contributed by atoms with Crippen LogP contribution in [0.5, 0.6) is 5.88 Å². The lowest BCUT2D eigenvalue weighted by molar-refractivity contribution is -0.136. The summed E-state index contributed by atoms with van der Waals surface area (Å²) in [6.45, 7) is 3.10. The summed E-state index contributed by atoms with van der Waals surface area (Å²) in [5.41, 5.74) is 5.13. The van der Waals surface area contributed by atoms with Gasteiger partial charge in [0, 0.05) is 48.5 Å². The van der Waals surface area contributed by atoms with Crippen LogP contribution in [0, 0.1) is 5.82 Å². The minimum Gasteiger partial charge on any atom is -0.494 e. The molecule has 4 aromatic rings. The standard InChI is InChI=1S/C29H28FN3O3S/c30-22-8-11-24-25(17-22)32-29(36)27(24)28(21-6-1-19(2-7-21)5-12-26(34)35)31-23-9-3-20(4-10-23)18-33-13-15-37-16-14-33/h1-4,6-11,17,32,36H,5,12-16,18H2,(H,34,35). The molecule has 190 valence electrons. The van der Waals surface area contributed by atoms with Crippen LogP contribution in [0.1, 0.15) is 28.7 Å². The summed E-state index contributed by atoms with van der Waals surface area (Å²) in [4.78, 5) is 21.2. The van der Waals surface area contributed by atoms with Crippen LogP contribution in [0.2, 0.25) is 0 Å². The van der Waals surface area contributed by atoms with Crippen LogP contribution in [-0.2, 0) is 17.8 Å². The summed E-state index contributed by atoms with van der Waals surface area (Å²) < 4.78 is 13.8. The van der Waals surface area contributed by atoms with E-state index in [1.54, 1.807) is 6.07 Å². The van der Waals surface area contributed by atoms with Gasteiger partial charge in [-0.3, -0.25) is 9.69 Å². The number of benzene rings is 3. The summed E-state index contributed by atoms with van der Waals surface area (Å²) in [6.07, 6.45) is 0.481. The third-order valence-corrected chi connectivity index (χ3v) is 7.46. The molecule has 3 aromatic carbocycles. The number of thioether (sulfide) groups is 1. The summed E-state index contributed by atoms with van der Waals surface area (Å²) in [5, 5.41) is 20.5. The molecule has 3 N–H and O–H groups in total. The van der Waals surface area contributed by atoms with Gasteiger partial charge in [-0.05, 0) is 47.9 Å². The highest BCUT2D eigenvalue weighted by atomic mass is 32.2. The average Bonchev–Trinajstić information content (AvgIpc) is 3.22. The zero-order chi connectivity index (χ0) is 25.8. The van der Waals surface area contributed by atoms with Crippen LogP contribution in [0.4, 0.5) is 10.1 Å². The molecular weight excluding hydrogens is 489 g/mol. The highest BCUT2D eigenvalue weighted by Crippen LogP contribution is 2.32. The molecular formula is C29H28FN3O3S. The van der Waals surface area contributed by atoms with Crippen molar-refractivity contribution < 1.29 is 19.4 Å². The number of aliphatic carboxylic acids is 1. The van der Waals surface area contributed by atoms with Crippen molar-refractivity contribution in [3.63, 3.8) is 0 Å². The summed E-state index contributed by atoms with van der Waals surface area (Å²) in [6, 6.07) is 19.9. The summed E-state index contributed by atoms with van der Waals surface area (Å²) >= 11 is 1.99. The fourth-order valence-electron chi connectivity index (χ4n) is 4.56. The smallest absolute Gasteiger partial charge is 0.303 e. The van der Waals surface area contributed by atoms with Gasteiger partial charge in [0.25, 0.3) is 0 Å². The van der Waals surface area contributed by atoms with Gasteiger partial charge < -0.3 is 15.2 Å². The first kappa shape index (κ1) is 25.0. The number of nitrogens with one attached hydrogen (secondary N) is 1. The average molecular weight is 518 g/mol. The van der Waals surface area contributed by atoms with Crippen LogP contribution in [0.15, 0.2) is 71.7 Å². The van der Waals surface area contributed by atoms with Crippen LogP contribution >= 0.6 is 11.8 Å². The molecule has 8 heteroatoms. The Morgan fingerprint density at radius 3 is 2.41 bits per heavy atom. The Kier molecular flexibility index (Phi) is 7.58. The fourth-order valence-corrected chi connectivity index (χ4v) is 5.54. The molecule has 0 atom stereocenters. The lowest BCUT2D eigenvalue weighted by atomic mass is 9.98. The van der Waals surface area contributed by atoms with Crippen molar-refractivity contribution in [2.75, 3.05) is 24.6 Å². The number of aromatic amines is 1. The Morgan fingerprint density at radius 2 is 1.70 bits per heavy atom. The lowest BCUT2D eigenvalue weighted by Crippen LogP contribution is -2.31. The van der Waals surface area contributed by atoms with E-state index < -0.39 is 11.8 Å². The van der Waals surface area contributed by atoms with Crippen molar-refractivity contribution in [3.8, 4) is 5.88 Å². The SMILES string of the molecule is O=C(O)CCc1ccc(C(=Nc2ccc(CN3CCSCC3)cc2)c2c(O)[nH]c3cc(F)ccc23)cc1. The highest BCUT2D eigenvalue weighted by molar-refractivity contribution is 7.99. The minimum atomic E-state index is -0.843. The molecule has 0 unspecified atom stereocenters. The number of rotatable bonds is 8. The normalized spacial score (nSPS) is 14.8. The molecule has 1 saturated heterocycles. The Hall–Kier alpha value is -3.62. The summed E-state index contributed by atoms with van der Waals surface area (Å²) in [7, 11) is 0. The van der Waals surface area contributed by atoms with Gasteiger partial charge in [-0.2, -0.15) is 11.8 Å². The number of hydrogen-bond acceptors (Lipinski definition) is 5. The number of fused-ring (bicyclic) bond motifs is 1. The van der Waals surface area contributed by atoms with E-state index in [9.17, 15) is 14.3 Å². The van der Waals surface area contributed by atoms with E-state index in [1.165, 1.54) is 29.2 Å². The van der Waals surface area contributed by atoms with E-state index >= 15 is 0 Å². The van der Waals surface area contributed by atoms with E-state index in [0.717, 1.165) is 36.4 Å². The molecule has 37 heavy (non-hydrogen) atoms. The molecule has 1 aromatic heterocycles. The Bertz CT molecular complexity index is 1430. The van der Waals surface area contributed by atoms with Crippen molar-refractivity contribution >= 4 is 40.0 Å². The maximum absolute atomic E-state index is 13.8. The van der Waals surface area contributed by atoms with Gasteiger partial charge in [-0.25, -0.2) is 9.38 Å². The number of hydrogen-bond donors (Lipinski definition) is 3. The zero-order valence-electron chi connectivity index (χ0n) is 20.3. The number of carboxylic acid groups (broad SMARTS) is 1. The molecule has 0 spiro atoms. The first-order valence-electron chi connectivity index (χ1n) is 12.3. The van der Waals surface area contributed by atoms with Crippen LogP contribution in [-0.4, -0.2) is 56.4 Å². The highest BCUT2D eigenvalue weighted by Gasteiger charge is 2.19. The number of carboxylic acids is 1. The van der Waals surface area contributed by atoms with Crippen molar-refractivity contribution in [3.05, 3.63) is 94.8 Å². The molecule has 1 aliphatic heterocycles. The first-order chi connectivity index (χ1) is 18.0. The molecule has 0 amide bonds. The van der Waals surface area contributed by atoms with E-state index in [-0.39, 0.29) is 12.3 Å². The van der Waals surface area contributed by atoms with Gasteiger partial charge in [0.15, 0.2) is 5.88 Å². The predicted molar refractivity (Wildman–Crippen MR) is 147 cm³/mol. The monoisotopic (exact) mass is 517 g/mol. The van der Waals surface area contributed by atoms with Crippen molar-refractivity contribution in [2.24, 2.45) is 4.99 Å². The molecule has 0 bridgehead atoms. The van der Waals surface area contributed by atoms with Gasteiger partial charge in [0.1, 0.15) is 5.82 Å². The van der Waals surface area contributed by atoms with E-state index in [1.807, 2.05) is 48.2 Å². The molecule has 6 nitrogen and oxygen atoms in total. The third kappa shape index (κ3) is 6.03. The lowest BCUT2D eigenvalue weighted by Gasteiger charge is -2.26. The second-order valence-corrected chi connectivity index (χ2v) is 10.4. The maximum atomic E-state index is 13.8. The molecule has 0 aliphatic carbocycles. The summed E-state index contributed by atoms with van der Waals surface area (Å²) in [5.74, 6) is 1.00. The largest absolute Gasteiger partial charge is 0.494 e. The minimum absolute atomic E-state index is 0.0533. The Morgan fingerprint density at radius 1 is 1.00 bits per heavy atom. The van der Waals surface area contributed by atoms with Crippen molar-refractivity contribution in [1.82, 2.24) is 9.88 Å². The van der Waals surface area contributed by atoms with E-state index in [0.29, 0.717) is 28.6 Å². The number of H-pyrrole nitrogens is 1. The second-order valence-electron chi connectivity index (χ2n) is 9.14. The van der Waals surface area contributed by atoms with Gasteiger partial charge in [-0.1, -0.05) is 36.4 Å². The third-order valence-electron chi connectivity index (χ3n) is 6.52. The van der Waals surface area contributed by atoms with Crippen LogP contribution < -0.4 is 0 Å². The Labute approximate surface area is 218 Å². The van der Waals surface area contributed by atoms with Crippen molar-refractivity contribution in [2.45, 2.75) is 19.4 Å². The second kappa shape index (κ2) is 11.2. The number of halogens is 1. The predicted octanol–water partition coefficient (Wildman–Crippen LogP) is 5.75. The molecule has 1 aliphatic rings. The first-order valence-corrected chi connectivity index (χ1v) is 13.4. The van der Waals surface area contributed by atoms with Gasteiger partial charge >= 0.3 is 5.97 Å². The van der Waals surface area contributed by atoms with E-state index in [4.69, 9.17) is 10.1 Å². The maximum Gasteiger partial charge on any atom is 0.303 e. The number of aromatic hydroxyl groups is 1. The number of aliphatic imine (C=N–C) groups is 1. The van der Waals surface area contributed by atoms with Gasteiger partial charge in [-0.15, -0.1) is 0 Å².